The minimum atomic E-state index is 0.520. The van der Waals surface area contributed by atoms with Gasteiger partial charge in [-0.2, -0.15) is 0 Å². The van der Waals surface area contributed by atoms with Gasteiger partial charge < -0.3 is 14.5 Å². The van der Waals surface area contributed by atoms with Crippen LogP contribution in [-0.2, 0) is 17.8 Å². The molecule has 21 heavy (non-hydrogen) atoms. The van der Waals surface area contributed by atoms with Crippen LogP contribution in [0.4, 0.5) is 0 Å². The molecule has 0 bridgehead atoms. The van der Waals surface area contributed by atoms with E-state index in [1.807, 2.05) is 0 Å². The summed E-state index contributed by atoms with van der Waals surface area (Å²) in [5.41, 5.74) is 1.25. The smallest absolute Gasteiger partial charge is 0.120 e. The average Bonchev–Trinajstić information content (AvgIpc) is 2.79. The fourth-order valence-electron chi connectivity index (χ4n) is 2.79. The summed E-state index contributed by atoms with van der Waals surface area (Å²) in [5, 5.41) is 3.45. The van der Waals surface area contributed by atoms with Gasteiger partial charge in [-0.15, -0.1) is 0 Å². The first-order valence-corrected chi connectivity index (χ1v) is 8.20. The van der Waals surface area contributed by atoms with E-state index in [0.717, 1.165) is 57.3 Å². The van der Waals surface area contributed by atoms with Crippen molar-refractivity contribution in [2.24, 2.45) is 5.92 Å². The molecular weight excluding hydrogens is 264 g/mol. The van der Waals surface area contributed by atoms with Crippen molar-refractivity contribution < 1.29 is 9.15 Å². The number of furan rings is 1. The molecule has 2 heterocycles. The topological polar surface area (TPSA) is 37.6 Å². The first-order valence-electron chi connectivity index (χ1n) is 8.20. The monoisotopic (exact) mass is 294 g/mol. The second-order valence-corrected chi connectivity index (χ2v) is 6.45. The van der Waals surface area contributed by atoms with Gasteiger partial charge in [-0.3, -0.25) is 4.90 Å². The average molecular weight is 294 g/mol. The molecule has 120 valence electrons. The van der Waals surface area contributed by atoms with Gasteiger partial charge in [-0.1, -0.05) is 20.8 Å². The van der Waals surface area contributed by atoms with E-state index < -0.39 is 0 Å². The molecule has 1 aliphatic heterocycles. The van der Waals surface area contributed by atoms with Crippen LogP contribution in [0.25, 0.3) is 0 Å². The van der Waals surface area contributed by atoms with Crippen LogP contribution in [0, 0.1) is 12.8 Å². The molecule has 0 radical (unpaired) electrons. The van der Waals surface area contributed by atoms with Crippen molar-refractivity contribution in [3.05, 3.63) is 23.2 Å². The highest BCUT2D eigenvalue weighted by atomic mass is 16.5. The van der Waals surface area contributed by atoms with Crippen LogP contribution in [0.1, 0.15) is 44.3 Å². The number of nitrogens with zero attached hydrogens (tertiary/aromatic N) is 1. The Bertz CT molecular complexity index is 428. The van der Waals surface area contributed by atoms with E-state index in [-0.39, 0.29) is 0 Å². The fraction of sp³-hybridized carbons (Fsp3) is 0.765. The second kappa shape index (κ2) is 7.97. The van der Waals surface area contributed by atoms with Gasteiger partial charge in [0, 0.05) is 12.6 Å². The summed E-state index contributed by atoms with van der Waals surface area (Å²) in [6, 6.07) is 2.71. The second-order valence-electron chi connectivity index (χ2n) is 6.45. The highest BCUT2D eigenvalue weighted by molar-refractivity contribution is 5.20. The first kappa shape index (κ1) is 16.5. The summed E-state index contributed by atoms with van der Waals surface area (Å²) in [6.07, 6.45) is 1.13. The maximum atomic E-state index is 6.05. The maximum absolute atomic E-state index is 6.05. The Kier molecular flexibility index (Phi) is 6.27. The third-order valence-corrected chi connectivity index (χ3v) is 4.09. The number of rotatable bonds is 7. The molecule has 0 amide bonds. The Morgan fingerprint density at radius 3 is 2.95 bits per heavy atom. The Morgan fingerprint density at radius 2 is 2.24 bits per heavy atom. The van der Waals surface area contributed by atoms with Crippen LogP contribution < -0.4 is 5.32 Å². The van der Waals surface area contributed by atoms with Gasteiger partial charge in [0.15, 0.2) is 0 Å². The molecule has 0 aromatic carbocycles. The Morgan fingerprint density at radius 1 is 1.43 bits per heavy atom. The van der Waals surface area contributed by atoms with Crippen LogP contribution >= 0.6 is 0 Å². The first-order chi connectivity index (χ1) is 10.1. The number of hydrogen-bond donors (Lipinski definition) is 1. The fourth-order valence-corrected chi connectivity index (χ4v) is 2.79. The van der Waals surface area contributed by atoms with Crippen LogP contribution in [0.2, 0.25) is 0 Å². The lowest BCUT2D eigenvalue weighted by Gasteiger charge is -2.34. The molecule has 0 saturated carbocycles. The van der Waals surface area contributed by atoms with E-state index in [0.29, 0.717) is 12.0 Å². The van der Waals surface area contributed by atoms with E-state index in [1.54, 1.807) is 0 Å². The minimum Gasteiger partial charge on any atom is -0.463 e. The van der Waals surface area contributed by atoms with Gasteiger partial charge >= 0.3 is 0 Å². The molecule has 1 atom stereocenters. The van der Waals surface area contributed by atoms with Crippen molar-refractivity contribution in [3.63, 3.8) is 0 Å². The Hall–Kier alpha value is -0.840. The lowest BCUT2D eigenvalue weighted by Crippen LogP contribution is -2.44. The standard InChI is InChI=1S/C17H30N2O2/c1-5-15-12-20-7-6-19(15)11-16-8-14(4)17(21-16)10-18-9-13(2)3/h8,13,15,18H,5-7,9-12H2,1-4H3. The summed E-state index contributed by atoms with van der Waals surface area (Å²) in [6.45, 7) is 14.2. The number of aryl methyl sites for hydroxylation is 1. The molecule has 1 N–H and O–H groups in total. The molecule has 4 nitrogen and oxygen atoms in total. The summed E-state index contributed by atoms with van der Waals surface area (Å²) in [5.74, 6) is 2.82. The van der Waals surface area contributed by atoms with Crippen molar-refractivity contribution in [3.8, 4) is 0 Å². The highest BCUT2D eigenvalue weighted by Gasteiger charge is 2.22. The maximum Gasteiger partial charge on any atom is 0.120 e. The van der Waals surface area contributed by atoms with Crippen LogP contribution in [0.15, 0.2) is 10.5 Å². The molecule has 1 saturated heterocycles. The Balaban J connectivity index is 1.91. The molecule has 0 aliphatic carbocycles. The number of ether oxygens (including phenoxy) is 1. The van der Waals surface area contributed by atoms with Gasteiger partial charge in [0.2, 0.25) is 0 Å². The SMILES string of the molecule is CCC1COCCN1Cc1cc(C)c(CNCC(C)C)o1. The van der Waals surface area contributed by atoms with E-state index in [1.165, 1.54) is 5.56 Å². The largest absolute Gasteiger partial charge is 0.463 e. The zero-order chi connectivity index (χ0) is 15.2. The quantitative estimate of drug-likeness (QED) is 0.839. The Labute approximate surface area is 128 Å². The van der Waals surface area contributed by atoms with Gasteiger partial charge in [0.05, 0.1) is 26.3 Å². The number of nitrogens with one attached hydrogen (secondary N) is 1. The van der Waals surface area contributed by atoms with Gasteiger partial charge in [-0.25, -0.2) is 0 Å². The van der Waals surface area contributed by atoms with E-state index in [4.69, 9.17) is 9.15 Å². The van der Waals surface area contributed by atoms with E-state index in [2.05, 4.69) is 44.0 Å². The van der Waals surface area contributed by atoms with Crippen molar-refractivity contribution in [1.82, 2.24) is 10.2 Å². The predicted octanol–water partition coefficient (Wildman–Crippen LogP) is 2.94. The minimum absolute atomic E-state index is 0.520. The number of morpholine rings is 1. The van der Waals surface area contributed by atoms with Crippen LogP contribution in [0.5, 0.6) is 0 Å². The third-order valence-electron chi connectivity index (χ3n) is 4.09. The molecule has 2 rings (SSSR count). The van der Waals surface area contributed by atoms with Gasteiger partial charge in [0.1, 0.15) is 11.5 Å². The van der Waals surface area contributed by atoms with Crippen molar-refractivity contribution in [2.45, 2.75) is 53.2 Å². The normalized spacial score (nSPS) is 20.3. The van der Waals surface area contributed by atoms with Crippen molar-refractivity contribution in [2.75, 3.05) is 26.3 Å². The van der Waals surface area contributed by atoms with Crippen LogP contribution in [-0.4, -0.2) is 37.2 Å². The molecule has 0 spiro atoms. The summed E-state index contributed by atoms with van der Waals surface area (Å²) in [4.78, 5) is 2.48. The summed E-state index contributed by atoms with van der Waals surface area (Å²) >= 11 is 0. The molecule has 1 aliphatic rings. The molecule has 4 heteroatoms. The molecule has 1 fully saturated rings. The van der Waals surface area contributed by atoms with Crippen molar-refractivity contribution in [1.29, 1.82) is 0 Å². The van der Waals surface area contributed by atoms with E-state index >= 15 is 0 Å². The molecular formula is C17H30N2O2. The molecule has 1 unspecified atom stereocenters. The highest BCUT2D eigenvalue weighted by Crippen LogP contribution is 2.19. The van der Waals surface area contributed by atoms with Crippen LogP contribution in [0.3, 0.4) is 0 Å². The zero-order valence-corrected chi connectivity index (χ0v) is 13.9. The van der Waals surface area contributed by atoms with Gasteiger partial charge in [0.25, 0.3) is 0 Å². The van der Waals surface area contributed by atoms with Crippen molar-refractivity contribution >= 4 is 0 Å². The summed E-state index contributed by atoms with van der Waals surface area (Å²) < 4.78 is 11.6. The zero-order valence-electron chi connectivity index (χ0n) is 13.9. The molecule has 1 aromatic rings. The number of hydrogen-bond acceptors (Lipinski definition) is 4. The van der Waals surface area contributed by atoms with E-state index in [9.17, 15) is 0 Å². The lowest BCUT2D eigenvalue weighted by molar-refractivity contribution is -0.0155. The van der Waals surface area contributed by atoms with Gasteiger partial charge in [-0.05, 0) is 37.4 Å². The molecule has 1 aromatic heterocycles. The predicted molar refractivity (Wildman–Crippen MR) is 85.3 cm³/mol. The lowest BCUT2D eigenvalue weighted by atomic mass is 10.1. The summed E-state index contributed by atoms with van der Waals surface area (Å²) in [7, 11) is 0. The third kappa shape index (κ3) is 4.83.